The quantitative estimate of drug-likeness (QED) is 0.512. The minimum absolute atomic E-state index is 0.944. The van der Waals surface area contributed by atoms with Crippen LogP contribution in [0, 0.1) is 0 Å². The van der Waals surface area contributed by atoms with Gasteiger partial charge >= 0.3 is 0 Å². The van der Waals surface area contributed by atoms with Crippen molar-refractivity contribution in [1.82, 2.24) is 0 Å². The summed E-state index contributed by atoms with van der Waals surface area (Å²) in [7, 11) is 0. The summed E-state index contributed by atoms with van der Waals surface area (Å²) >= 11 is 0. The van der Waals surface area contributed by atoms with E-state index in [2.05, 4.69) is 127 Å². The molecule has 31 heavy (non-hydrogen) atoms. The second-order valence-corrected chi connectivity index (χ2v) is 7.99. The summed E-state index contributed by atoms with van der Waals surface area (Å²) in [5.74, 6) is 0. The number of hydrogen-bond donors (Lipinski definition) is 1. The monoisotopic (exact) mass is 407 g/mol. The molecule has 4 aromatic rings. The van der Waals surface area contributed by atoms with Crippen LogP contribution in [-0.4, -0.2) is 32.4 Å². The number of rotatable bonds is 4. The Hall–Kier alpha value is -3.14. The maximum Gasteiger partial charge on any atom is 0.108 e. The van der Waals surface area contributed by atoms with Crippen LogP contribution in [0.2, 0.25) is 0 Å². The van der Waals surface area contributed by atoms with Crippen molar-refractivity contribution in [2.75, 3.05) is 26.3 Å². The van der Waals surface area contributed by atoms with Gasteiger partial charge in [0.25, 0.3) is 0 Å². The van der Waals surface area contributed by atoms with Crippen LogP contribution in [0.25, 0.3) is 0 Å². The number of morpholine rings is 1. The minimum atomic E-state index is -1.22. The van der Waals surface area contributed by atoms with E-state index in [0.29, 0.717) is 0 Å². The Kier molecular flexibility index (Phi) is 7.33. The average Bonchev–Trinajstić information content (AvgIpc) is 2.89. The van der Waals surface area contributed by atoms with Crippen LogP contribution in [0.1, 0.15) is 0 Å². The van der Waals surface area contributed by atoms with E-state index >= 15 is 0 Å². The number of hydrogen-bond acceptors (Lipinski definition) is 1. The molecule has 0 spiro atoms. The third-order valence-electron chi connectivity index (χ3n) is 6.13. The van der Waals surface area contributed by atoms with Crippen LogP contribution in [0.15, 0.2) is 121 Å². The highest BCUT2D eigenvalue weighted by atomic mass is 16.5. The van der Waals surface area contributed by atoms with E-state index in [9.17, 15) is 0 Å². The molecule has 5 rings (SSSR count). The zero-order chi connectivity index (χ0) is 21.2. The molecular weight excluding hydrogens is 377 g/mol. The first-order chi connectivity index (χ1) is 15.4. The van der Waals surface area contributed by atoms with Crippen molar-refractivity contribution >= 4 is 28.0 Å². The largest absolute Gasteiger partial charge is 0.370 e. The zero-order valence-corrected chi connectivity index (χ0v) is 17.9. The molecule has 1 aliphatic heterocycles. The Labute approximate surface area is 185 Å². The van der Waals surface area contributed by atoms with Crippen LogP contribution in [0.4, 0.5) is 0 Å². The summed E-state index contributed by atoms with van der Waals surface area (Å²) in [6, 6.07) is 43.5. The van der Waals surface area contributed by atoms with E-state index in [4.69, 9.17) is 4.74 Å². The molecule has 0 amide bonds. The van der Waals surface area contributed by atoms with Gasteiger partial charge in [-0.05, 0) is 0 Å². The molecule has 4 aromatic carbocycles. The molecule has 1 fully saturated rings. The van der Waals surface area contributed by atoms with Crippen molar-refractivity contribution < 1.29 is 10.1 Å². The number of quaternary nitrogens is 1. The van der Waals surface area contributed by atoms with E-state index in [1.54, 1.807) is 0 Å². The van der Waals surface area contributed by atoms with Gasteiger partial charge in [0.05, 0.1) is 26.3 Å². The van der Waals surface area contributed by atoms with Gasteiger partial charge in [0, 0.05) is 0 Å². The average molecular weight is 407 g/mol. The standard InChI is InChI=1S/C24H20B.C4H9NO/c1-5-13-21(14-6-1)25(22-15-7-2-8-16-22,23-17-9-3-10-18-23)24-19-11-4-12-20-24;1-3-6-4-2-5-1/h1-20H;5H,1-4H2/q-1;/p+1. The first-order valence-corrected chi connectivity index (χ1v) is 11.2. The third-order valence-corrected chi connectivity index (χ3v) is 6.13. The lowest BCUT2D eigenvalue weighted by Gasteiger charge is -2.44. The fourth-order valence-electron chi connectivity index (χ4n) is 4.70. The third kappa shape index (κ3) is 4.79. The van der Waals surface area contributed by atoms with Crippen molar-refractivity contribution in [3.63, 3.8) is 0 Å². The predicted molar refractivity (Wildman–Crippen MR) is 133 cm³/mol. The highest BCUT2D eigenvalue weighted by Crippen LogP contribution is 2.09. The van der Waals surface area contributed by atoms with Crippen LogP contribution < -0.4 is 27.2 Å². The van der Waals surface area contributed by atoms with Crippen LogP contribution in [0.3, 0.4) is 0 Å². The maximum absolute atomic E-state index is 5.04. The first kappa shape index (κ1) is 21.1. The second kappa shape index (κ2) is 10.8. The predicted octanol–water partition coefficient (Wildman–Crippen LogP) is 1.64. The summed E-state index contributed by atoms with van der Waals surface area (Å²) in [5.41, 5.74) is 5.36. The van der Waals surface area contributed by atoms with Gasteiger partial charge in [0.2, 0.25) is 0 Å². The van der Waals surface area contributed by atoms with E-state index in [0.717, 1.165) is 26.3 Å². The van der Waals surface area contributed by atoms with Gasteiger partial charge in [0.15, 0.2) is 0 Å². The zero-order valence-electron chi connectivity index (χ0n) is 17.9. The Balaban J connectivity index is 0.000000334. The molecule has 2 N–H and O–H groups in total. The molecule has 0 radical (unpaired) electrons. The molecular formula is C28H30BNO. The van der Waals surface area contributed by atoms with E-state index in [-0.39, 0.29) is 0 Å². The van der Waals surface area contributed by atoms with Gasteiger partial charge in [0.1, 0.15) is 6.15 Å². The summed E-state index contributed by atoms with van der Waals surface area (Å²) in [6.45, 7) is 4.19. The molecule has 1 aliphatic rings. The lowest BCUT2D eigenvalue weighted by atomic mass is 9.13. The smallest absolute Gasteiger partial charge is 0.108 e. The Morgan fingerprint density at radius 1 is 0.452 bits per heavy atom. The lowest BCUT2D eigenvalue weighted by molar-refractivity contribution is -0.670. The molecule has 156 valence electrons. The number of nitrogens with two attached hydrogens (primary N) is 1. The lowest BCUT2D eigenvalue weighted by Crippen LogP contribution is -2.87. The molecule has 0 aliphatic carbocycles. The highest BCUT2D eigenvalue weighted by Gasteiger charge is 2.30. The van der Waals surface area contributed by atoms with Gasteiger partial charge in [-0.15, -0.1) is 0 Å². The van der Waals surface area contributed by atoms with E-state index in [1.807, 2.05) is 0 Å². The summed E-state index contributed by atoms with van der Waals surface area (Å²) in [6.07, 6.45) is -1.22. The SMILES string of the molecule is C1COCC[NH2+]1.c1ccc([B-](c2ccccc2)(c2ccccc2)c2ccccc2)cc1. The fourth-order valence-corrected chi connectivity index (χ4v) is 4.70. The molecule has 0 unspecified atom stereocenters. The Morgan fingerprint density at radius 2 is 0.742 bits per heavy atom. The van der Waals surface area contributed by atoms with Gasteiger partial charge in [-0.3, -0.25) is 0 Å². The van der Waals surface area contributed by atoms with Crippen molar-refractivity contribution in [3.05, 3.63) is 121 Å². The summed E-state index contributed by atoms with van der Waals surface area (Å²) in [4.78, 5) is 0. The van der Waals surface area contributed by atoms with E-state index < -0.39 is 6.15 Å². The second-order valence-electron chi connectivity index (χ2n) is 7.99. The topological polar surface area (TPSA) is 25.8 Å². The molecule has 0 aromatic heterocycles. The summed E-state index contributed by atoms with van der Waals surface area (Å²) in [5, 5.41) is 2.27. The normalized spacial score (nSPS) is 13.7. The molecule has 1 heterocycles. The maximum atomic E-state index is 5.04. The Morgan fingerprint density at radius 3 is 0.935 bits per heavy atom. The molecule has 1 saturated heterocycles. The Bertz CT molecular complexity index is 845. The summed E-state index contributed by atoms with van der Waals surface area (Å²) < 4.78 is 5.04. The van der Waals surface area contributed by atoms with Crippen LogP contribution in [0.5, 0.6) is 0 Å². The number of benzene rings is 4. The van der Waals surface area contributed by atoms with Gasteiger partial charge in [-0.1, -0.05) is 121 Å². The minimum Gasteiger partial charge on any atom is -0.370 e. The molecule has 0 atom stereocenters. The van der Waals surface area contributed by atoms with Crippen molar-refractivity contribution in [2.24, 2.45) is 0 Å². The molecule has 3 heteroatoms. The molecule has 2 nitrogen and oxygen atoms in total. The van der Waals surface area contributed by atoms with E-state index in [1.165, 1.54) is 21.9 Å². The van der Waals surface area contributed by atoms with Crippen molar-refractivity contribution in [1.29, 1.82) is 0 Å². The van der Waals surface area contributed by atoms with Gasteiger partial charge < -0.3 is 10.1 Å². The van der Waals surface area contributed by atoms with Crippen molar-refractivity contribution in [3.8, 4) is 0 Å². The van der Waals surface area contributed by atoms with Gasteiger partial charge in [-0.2, -0.15) is 21.9 Å². The number of ether oxygens (including phenoxy) is 1. The van der Waals surface area contributed by atoms with Crippen LogP contribution in [-0.2, 0) is 4.74 Å². The highest BCUT2D eigenvalue weighted by molar-refractivity contribution is 7.19. The molecule has 0 saturated carbocycles. The molecule has 0 bridgehead atoms. The first-order valence-electron chi connectivity index (χ1n) is 11.2. The fraction of sp³-hybridized carbons (Fsp3) is 0.143. The van der Waals surface area contributed by atoms with Crippen molar-refractivity contribution in [2.45, 2.75) is 0 Å². The van der Waals surface area contributed by atoms with Crippen LogP contribution >= 0.6 is 0 Å². The van der Waals surface area contributed by atoms with Gasteiger partial charge in [-0.25, -0.2) is 0 Å².